The van der Waals surface area contributed by atoms with Crippen LogP contribution in [0.3, 0.4) is 0 Å². The van der Waals surface area contributed by atoms with E-state index in [-0.39, 0.29) is 12.5 Å². The zero-order chi connectivity index (χ0) is 7.33. The Bertz CT molecular complexity index is 74.6. The average Bonchev–Trinajstić information content (AvgIpc) is 1.84. The van der Waals surface area contributed by atoms with Gasteiger partial charge in [-0.15, -0.1) is 34.8 Å². The number of aliphatic hydroxyl groups is 1. The van der Waals surface area contributed by atoms with Gasteiger partial charge in [-0.2, -0.15) is 0 Å². The molecule has 0 aliphatic heterocycles. The largest absolute Gasteiger partial charge is 0.396 e. The Balaban J connectivity index is 3.33. The zero-order valence-electron chi connectivity index (χ0n) is 4.91. The third-order valence-corrected chi connectivity index (χ3v) is 2.27. The van der Waals surface area contributed by atoms with Gasteiger partial charge < -0.3 is 5.11 Å². The molecule has 56 valence electrons. The van der Waals surface area contributed by atoms with Crippen LogP contribution in [0.4, 0.5) is 0 Å². The average molecular weight is 191 g/mol. The quantitative estimate of drug-likeness (QED) is 0.675. The molecule has 0 amide bonds. The molecule has 0 aromatic heterocycles. The Morgan fingerprint density at radius 3 is 2.22 bits per heavy atom. The molecule has 9 heavy (non-hydrogen) atoms. The summed E-state index contributed by atoms with van der Waals surface area (Å²) in [6, 6.07) is 0. The van der Waals surface area contributed by atoms with E-state index in [0.29, 0.717) is 12.8 Å². The van der Waals surface area contributed by atoms with E-state index in [9.17, 15) is 0 Å². The summed E-state index contributed by atoms with van der Waals surface area (Å²) < 4.78 is -0.857. The van der Waals surface area contributed by atoms with Crippen molar-refractivity contribution in [2.75, 3.05) is 12.5 Å². The molecular formula is C5H9Cl3O. The highest BCUT2D eigenvalue weighted by molar-refractivity contribution is 6.51. The molecule has 0 aliphatic carbocycles. The standard InChI is InChI=1S/C5H9Cl3O/c6-4-5(7,8)2-1-3-9/h9H,1-4H2. The summed E-state index contributed by atoms with van der Waals surface area (Å²) in [4.78, 5) is 0. The van der Waals surface area contributed by atoms with Crippen LogP contribution in [0.1, 0.15) is 12.8 Å². The topological polar surface area (TPSA) is 20.2 Å². The van der Waals surface area contributed by atoms with E-state index in [1.54, 1.807) is 0 Å². The summed E-state index contributed by atoms with van der Waals surface area (Å²) in [5.74, 6) is 0.204. The molecule has 0 saturated heterocycles. The molecule has 1 nitrogen and oxygen atoms in total. The smallest absolute Gasteiger partial charge is 0.131 e. The molecule has 0 aliphatic rings. The molecule has 0 aromatic rings. The van der Waals surface area contributed by atoms with Crippen LogP contribution < -0.4 is 0 Å². The van der Waals surface area contributed by atoms with Gasteiger partial charge in [0.15, 0.2) is 0 Å². The number of hydrogen-bond acceptors (Lipinski definition) is 1. The van der Waals surface area contributed by atoms with Gasteiger partial charge in [0.2, 0.25) is 0 Å². The summed E-state index contributed by atoms with van der Waals surface area (Å²) in [5.41, 5.74) is 0. The molecule has 0 unspecified atom stereocenters. The van der Waals surface area contributed by atoms with Gasteiger partial charge in [0.05, 0.1) is 5.88 Å². The van der Waals surface area contributed by atoms with E-state index in [2.05, 4.69) is 0 Å². The molecule has 4 heteroatoms. The maximum atomic E-state index is 8.36. The third kappa shape index (κ3) is 5.28. The monoisotopic (exact) mass is 190 g/mol. The van der Waals surface area contributed by atoms with Crippen LogP contribution in [0.2, 0.25) is 0 Å². The second kappa shape index (κ2) is 4.62. The summed E-state index contributed by atoms with van der Waals surface area (Å²) >= 11 is 16.6. The van der Waals surface area contributed by atoms with Crippen molar-refractivity contribution >= 4 is 34.8 Å². The van der Waals surface area contributed by atoms with Crippen molar-refractivity contribution in [2.45, 2.75) is 17.2 Å². The lowest BCUT2D eigenvalue weighted by Crippen LogP contribution is -2.14. The number of alkyl halides is 3. The van der Waals surface area contributed by atoms with Crippen LogP contribution >= 0.6 is 34.8 Å². The molecule has 0 fully saturated rings. The lowest BCUT2D eigenvalue weighted by Gasteiger charge is -2.13. The van der Waals surface area contributed by atoms with Gasteiger partial charge >= 0.3 is 0 Å². The van der Waals surface area contributed by atoms with Gasteiger partial charge in [-0.3, -0.25) is 0 Å². The summed E-state index contributed by atoms with van der Waals surface area (Å²) in [5, 5.41) is 8.36. The molecule has 0 rings (SSSR count). The second-order valence-corrected chi connectivity index (χ2v) is 3.72. The Kier molecular flexibility index (Phi) is 5.04. The molecule has 0 radical (unpaired) electrons. The minimum atomic E-state index is -0.857. The predicted molar refractivity (Wildman–Crippen MR) is 41.5 cm³/mol. The number of halogens is 3. The van der Waals surface area contributed by atoms with Crippen LogP contribution in [0.15, 0.2) is 0 Å². The Labute approximate surface area is 69.9 Å². The van der Waals surface area contributed by atoms with E-state index >= 15 is 0 Å². The van der Waals surface area contributed by atoms with E-state index in [1.165, 1.54) is 0 Å². The van der Waals surface area contributed by atoms with Crippen molar-refractivity contribution in [1.82, 2.24) is 0 Å². The summed E-state index contributed by atoms with van der Waals surface area (Å²) in [7, 11) is 0. The van der Waals surface area contributed by atoms with E-state index in [0.717, 1.165) is 0 Å². The number of rotatable bonds is 4. The first kappa shape index (κ1) is 9.83. The van der Waals surface area contributed by atoms with Crippen molar-refractivity contribution in [3.63, 3.8) is 0 Å². The first-order chi connectivity index (χ1) is 4.12. The fourth-order valence-electron chi connectivity index (χ4n) is 0.405. The van der Waals surface area contributed by atoms with Crippen LogP contribution in [0.5, 0.6) is 0 Å². The van der Waals surface area contributed by atoms with Crippen LogP contribution in [-0.2, 0) is 0 Å². The molecule has 0 saturated carbocycles. The third-order valence-electron chi connectivity index (χ3n) is 0.896. The van der Waals surface area contributed by atoms with E-state index in [1.807, 2.05) is 0 Å². The van der Waals surface area contributed by atoms with Crippen LogP contribution in [0.25, 0.3) is 0 Å². The summed E-state index contributed by atoms with van der Waals surface area (Å²) in [6.45, 7) is 0.109. The normalized spacial score (nSPS) is 12.0. The lowest BCUT2D eigenvalue weighted by molar-refractivity contribution is 0.283. The minimum absolute atomic E-state index is 0.109. The van der Waals surface area contributed by atoms with Crippen LogP contribution in [0, 0.1) is 0 Å². The van der Waals surface area contributed by atoms with Gasteiger partial charge in [0.1, 0.15) is 4.33 Å². The van der Waals surface area contributed by atoms with Gasteiger partial charge in [-0.1, -0.05) is 0 Å². The highest BCUT2D eigenvalue weighted by Crippen LogP contribution is 2.27. The maximum absolute atomic E-state index is 8.36. The van der Waals surface area contributed by atoms with E-state index < -0.39 is 4.33 Å². The molecule has 0 spiro atoms. The van der Waals surface area contributed by atoms with Crippen molar-refractivity contribution in [2.24, 2.45) is 0 Å². The van der Waals surface area contributed by atoms with Gasteiger partial charge in [0, 0.05) is 6.61 Å². The fourth-order valence-corrected chi connectivity index (χ4v) is 0.805. The van der Waals surface area contributed by atoms with E-state index in [4.69, 9.17) is 39.9 Å². The Hall–Kier alpha value is 0.830. The summed E-state index contributed by atoms with van der Waals surface area (Å²) in [6.07, 6.45) is 1.13. The Morgan fingerprint density at radius 2 is 1.89 bits per heavy atom. The lowest BCUT2D eigenvalue weighted by atomic mass is 10.2. The highest BCUT2D eigenvalue weighted by Gasteiger charge is 2.21. The molecule has 0 atom stereocenters. The first-order valence-electron chi connectivity index (χ1n) is 2.67. The first-order valence-corrected chi connectivity index (χ1v) is 3.96. The van der Waals surface area contributed by atoms with Crippen molar-refractivity contribution in [3.8, 4) is 0 Å². The van der Waals surface area contributed by atoms with Gasteiger partial charge in [-0.25, -0.2) is 0 Å². The molecule has 1 N–H and O–H groups in total. The molecular weight excluding hydrogens is 182 g/mol. The fraction of sp³-hybridized carbons (Fsp3) is 1.00. The van der Waals surface area contributed by atoms with Crippen LogP contribution in [-0.4, -0.2) is 21.9 Å². The molecule has 0 aromatic carbocycles. The van der Waals surface area contributed by atoms with Crippen molar-refractivity contribution < 1.29 is 5.11 Å². The predicted octanol–water partition coefficient (Wildman–Crippen LogP) is 2.17. The minimum Gasteiger partial charge on any atom is -0.396 e. The maximum Gasteiger partial charge on any atom is 0.131 e. The second-order valence-electron chi connectivity index (χ2n) is 1.82. The number of hydrogen-bond donors (Lipinski definition) is 1. The van der Waals surface area contributed by atoms with Gasteiger partial charge in [0.25, 0.3) is 0 Å². The molecule has 0 bridgehead atoms. The molecule has 0 heterocycles. The van der Waals surface area contributed by atoms with Gasteiger partial charge in [-0.05, 0) is 12.8 Å². The number of aliphatic hydroxyl groups excluding tert-OH is 1. The van der Waals surface area contributed by atoms with Crippen molar-refractivity contribution in [3.05, 3.63) is 0 Å². The van der Waals surface area contributed by atoms with Crippen molar-refractivity contribution in [1.29, 1.82) is 0 Å². The SMILES string of the molecule is OCCCC(Cl)(Cl)CCl. The Morgan fingerprint density at radius 1 is 1.33 bits per heavy atom. The highest BCUT2D eigenvalue weighted by atomic mass is 35.5. The zero-order valence-corrected chi connectivity index (χ0v) is 7.18.